The van der Waals surface area contributed by atoms with Gasteiger partial charge < -0.3 is 4.90 Å². The molecule has 0 spiro atoms. The Bertz CT molecular complexity index is 1280. The number of hydrogen-bond donors (Lipinski definition) is 0. The average Bonchev–Trinajstić information content (AvgIpc) is 3.45. The molecule has 1 heterocycles. The molecule has 0 aromatic heterocycles. The fraction of sp³-hybridized carbons (Fsp3) is 0.212. The van der Waals surface area contributed by atoms with E-state index in [2.05, 4.69) is 122 Å². The second-order valence-electron chi connectivity index (χ2n) is 9.92. The molecule has 1 heteroatoms. The zero-order chi connectivity index (χ0) is 23.1. The SMILES string of the molecule is Cc1ccc(C(=Cc2ccc3c(c2)C2CCCC2N3c2ccccc2)c2ccc(C)cc2)cc1. The van der Waals surface area contributed by atoms with Crippen molar-refractivity contribution in [3.05, 3.63) is 130 Å². The molecular weight excluding hydrogens is 410 g/mol. The molecule has 4 aromatic carbocycles. The molecule has 2 aliphatic rings. The summed E-state index contributed by atoms with van der Waals surface area (Å²) in [5.74, 6) is 0.630. The minimum atomic E-state index is 0.588. The summed E-state index contributed by atoms with van der Waals surface area (Å²) in [4.78, 5) is 2.60. The molecule has 0 N–H and O–H groups in total. The van der Waals surface area contributed by atoms with E-state index in [9.17, 15) is 0 Å². The molecule has 34 heavy (non-hydrogen) atoms. The van der Waals surface area contributed by atoms with E-state index < -0.39 is 0 Å². The fourth-order valence-corrected chi connectivity index (χ4v) is 5.86. The van der Waals surface area contributed by atoms with Gasteiger partial charge >= 0.3 is 0 Å². The highest BCUT2D eigenvalue weighted by atomic mass is 15.2. The Morgan fingerprint density at radius 1 is 0.735 bits per heavy atom. The molecule has 4 aromatic rings. The van der Waals surface area contributed by atoms with Gasteiger partial charge in [-0.1, -0.05) is 90.3 Å². The molecule has 1 aliphatic heterocycles. The molecule has 1 saturated carbocycles. The molecule has 1 fully saturated rings. The summed E-state index contributed by atoms with van der Waals surface area (Å²) in [6.45, 7) is 4.30. The molecule has 1 aliphatic carbocycles. The predicted octanol–water partition coefficient (Wildman–Crippen LogP) is 8.68. The number of para-hydroxylation sites is 1. The van der Waals surface area contributed by atoms with Crippen LogP contribution in [0.3, 0.4) is 0 Å². The van der Waals surface area contributed by atoms with Crippen molar-refractivity contribution in [3.63, 3.8) is 0 Å². The van der Waals surface area contributed by atoms with E-state index in [1.807, 2.05) is 0 Å². The van der Waals surface area contributed by atoms with Gasteiger partial charge in [0.1, 0.15) is 0 Å². The van der Waals surface area contributed by atoms with Crippen LogP contribution in [0.2, 0.25) is 0 Å². The van der Waals surface area contributed by atoms with Crippen molar-refractivity contribution in [1.82, 2.24) is 0 Å². The smallest absolute Gasteiger partial charge is 0.0450 e. The van der Waals surface area contributed by atoms with Crippen molar-refractivity contribution in [1.29, 1.82) is 0 Å². The third-order valence-corrected chi connectivity index (χ3v) is 7.59. The predicted molar refractivity (Wildman–Crippen MR) is 145 cm³/mol. The Morgan fingerprint density at radius 3 is 2.03 bits per heavy atom. The Hall–Kier alpha value is -3.58. The van der Waals surface area contributed by atoms with Gasteiger partial charge in [-0.15, -0.1) is 0 Å². The van der Waals surface area contributed by atoms with E-state index >= 15 is 0 Å². The molecular formula is C33H31N. The molecule has 0 radical (unpaired) electrons. The van der Waals surface area contributed by atoms with Crippen molar-refractivity contribution in [2.75, 3.05) is 4.90 Å². The van der Waals surface area contributed by atoms with Crippen LogP contribution < -0.4 is 4.90 Å². The number of anilines is 2. The fourth-order valence-electron chi connectivity index (χ4n) is 5.86. The third kappa shape index (κ3) is 3.76. The van der Waals surface area contributed by atoms with Crippen molar-refractivity contribution in [2.45, 2.75) is 45.1 Å². The molecule has 2 unspecified atom stereocenters. The summed E-state index contributed by atoms with van der Waals surface area (Å²) in [6.07, 6.45) is 6.26. The van der Waals surface area contributed by atoms with E-state index in [1.165, 1.54) is 69.6 Å². The van der Waals surface area contributed by atoms with Gasteiger partial charge in [-0.25, -0.2) is 0 Å². The molecule has 2 atom stereocenters. The van der Waals surface area contributed by atoms with E-state index in [0.717, 1.165) is 0 Å². The number of benzene rings is 4. The number of nitrogens with zero attached hydrogens (tertiary/aromatic N) is 1. The normalized spacial score (nSPS) is 18.5. The highest BCUT2D eigenvalue weighted by molar-refractivity contribution is 5.92. The van der Waals surface area contributed by atoms with Gasteiger partial charge in [0.15, 0.2) is 0 Å². The van der Waals surface area contributed by atoms with Crippen LogP contribution in [0, 0.1) is 13.8 Å². The molecule has 0 amide bonds. The minimum Gasteiger partial charge on any atom is -0.338 e. The van der Waals surface area contributed by atoms with Crippen molar-refractivity contribution in [2.24, 2.45) is 0 Å². The van der Waals surface area contributed by atoms with Crippen LogP contribution in [0.25, 0.3) is 11.6 Å². The summed E-state index contributed by atoms with van der Waals surface area (Å²) >= 11 is 0. The molecule has 0 saturated heterocycles. The highest BCUT2D eigenvalue weighted by Gasteiger charge is 2.41. The third-order valence-electron chi connectivity index (χ3n) is 7.59. The van der Waals surface area contributed by atoms with Crippen molar-refractivity contribution >= 4 is 23.0 Å². The largest absolute Gasteiger partial charge is 0.338 e. The monoisotopic (exact) mass is 441 g/mol. The maximum atomic E-state index is 2.60. The Morgan fingerprint density at radius 2 is 1.38 bits per heavy atom. The summed E-state index contributed by atoms with van der Waals surface area (Å²) in [5.41, 5.74) is 11.9. The van der Waals surface area contributed by atoms with E-state index in [0.29, 0.717) is 12.0 Å². The van der Waals surface area contributed by atoms with Gasteiger partial charge in [0.25, 0.3) is 0 Å². The van der Waals surface area contributed by atoms with Gasteiger partial charge in [-0.05, 0) is 84.9 Å². The van der Waals surface area contributed by atoms with Gasteiger partial charge in [0.2, 0.25) is 0 Å². The van der Waals surface area contributed by atoms with E-state index in [1.54, 1.807) is 0 Å². The lowest BCUT2D eigenvalue weighted by atomic mass is 9.92. The lowest BCUT2D eigenvalue weighted by molar-refractivity contribution is 0.642. The topological polar surface area (TPSA) is 3.24 Å². The highest BCUT2D eigenvalue weighted by Crippen LogP contribution is 2.52. The number of aryl methyl sites for hydroxylation is 2. The first kappa shape index (κ1) is 21.0. The summed E-state index contributed by atoms with van der Waals surface area (Å²) in [5, 5.41) is 0. The lowest BCUT2D eigenvalue weighted by Crippen LogP contribution is -2.26. The Balaban J connectivity index is 1.45. The number of rotatable bonds is 4. The molecule has 168 valence electrons. The zero-order valence-corrected chi connectivity index (χ0v) is 20.0. The Labute approximate surface area is 203 Å². The first-order chi connectivity index (χ1) is 16.7. The number of fused-ring (bicyclic) bond motifs is 3. The first-order valence-electron chi connectivity index (χ1n) is 12.5. The first-order valence-corrected chi connectivity index (χ1v) is 12.5. The van der Waals surface area contributed by atoms with E-state index in [4.69, 9.17) is 0 Å². The van der Waals surface area contributed by atoms with Gasteiger partial charge in [-0.3, -0.25) is 0 Å². The molecule has 1 nitrogen and oxygen atoms in total. The van der Waals surface area contributed by atoms with Crippen LogP contribution >= 0.6 is 0 Å². The zero-order valence-electron chi connectivity index (χ0n) is 20.0. The van der Waals surface area contributed by atoms with Gasteiger partial charge in [-0.2, -0.15) is 0 Å². The number of hydrogen-bond acceptors (Lipinski definition) is 1. The van der Waals surface area contributed by atoms with Gasteiger partial charge in [0.05, 0.1) is 0 Å². The minimum absolute atomic E-state index is 0.588. The average molecular weight is 442 g/mol. The van der Waals surface area contributed by atoms with Crippen LogP contribution in [0.1, 0.15) is 58.6 Å². The maximum absolute atomic E-state index is 2.60. The summed E-state index contributed by atoms with van der Waals surface area (Å²) in [6, 6.07) is 36.5. The molecule has 6 rings (SSSR count). The van der Waals surface area contributed by atoms with Crippen LogP contribution in [0.4, 0.5) is 11.4 Å². The van der Waals surface area contributed by atoms with Crippen molar-refractivity contribution < 1.29 is 0 Å². The second-order valence-corrected chi connectivity index (χ2v) is 9.92. The van der Waals surface area contributed by atoms with Crippen LogP contribution in [-0.4, -0.2) is 6.04 Å². The maximum Gasteiger partial charge on any atom is 0.0450 e. The molecule has 0 bridgehead atoms. The lowest BCUT2D eigenvalue weighted by Gasteiger charge is -2.27. The van der Waals surface area contributed by atoms with E-state index in [-0.39, 0.29) is 0 Å². The summed E-state index contributed by atoms with van der Waals surface area (Å²) in [7, 11) is 0. The van der Waals surface area contributed by atoms with Crippen LogP contribution in [-0.2, 0) is 0 Å². The second kappa shape index (κ2) is 8.65. The Kier molecular flexibility index (Phi) is 5.34. The van der Waals surface area contributed by atoms with Crippen molar-refractivity contribution in [3.8, 4) is 0 Å². The van der Waals surface area contributed by atoms with Crippen LogP contribution in [0.15, 0.2) is 97.1 Å². The van der Waals surface area contributed by atoms with Crippen LogP contribution in [0.5, 0.6) is 0 Å². The quantitative estimate of drug-likeness (QED) is 0.286. The summed E-state index contributed by atoms with van der Waals surface area (Å²) < 4.78 is 0. The van der Waals surface area contributed by atoms with Gasteiger partial charge in [0, 0.05) is 23.3 Å². The standard InChI is InChI=1S/C33H31N/c1-23-11-16-26(17-12-23)30(27-18-13-24(2)14-19-27)21-25-15-20-33-31(22-25)29-9-6-10-32(29)34(33)28-7-4-3-5-8-28/h3-5,7-8,11-22,29,32H,6,9-10H2,1-2H3.